The summed E-state index contributed by atoms with van der Waals surface area (Å²) in [7, 11) is 1.51. The van der Waals surface area contributed by atoms with Crippen LogP contribution in [0.3, 0.4) is 0 Å². The number of nitrogens with zero attached hydrogens (tertiary/aromatic N) is 1. The molecule has 0 aliphatic heterocycles. The maximum Gasteiger partial charge on any atom is 0.279 e. The second-order valence-corrected chi connectivity index (χ2v) is 6.42. The Morgan fingerprint density at radius 1 is 1.22 bits per heavy atom. The molecule has 6 heteroatoms. The van der Waals surface area contributed by atoms with E-state index < -0.39 is 0 Å². The van der Waals surface area contributed by atoms with Gasteiger partial charge in [-0.05, 0) is 35.9 Å². The number of aromatic nitrogens is 1. The largest absolute Gasteiger partial charge is 0.431 e. The molecule has 0 aliphatic carbocycles. The minimum absolute atomic E-state index is 0.0456. The van der Waals surface area contributed by atoms with Gasteiger partial charge in [-0.2, -0.15) is 0 Å². The molecular weight excluding hydrogens is 334 g/mol. The van der Waals surface area contributed by atoms with Crippen molar-refractivity contribution in [1.82, 2.24) is 4.98 Å². The summed E-state index contributed by atoms with van der Waals surface area (Å²) < 4.78 is 11.6. The summed E-state index contributed by atoms with van der Waals surface area (Å²) >= 11 is 7.41. The molecule has 0 aliphatic rings. The smallest absolute Gasteiger partial charge is 0.279 e. The normalized spacial score (nSPS) is 10.9. The lowest BCUT2D eigenvalue weighted by atomic mass is 10.1. The predicted molar refractivity (Wildman–Crippen MR) is 91.7 cm³/mol. The van der Waals surface area contributed by atoms with Gasteiger partial charge in [-0.1, -0.05) is 35.1 Å². The average Bonchev–Trinajstić information content (AvgIpc) is 2.91. The van der Waals surface area contributed by atoms with E-state index in [1.54, 1.807) is 6.07 Å². The monoisotopic (exact) mass is 347 g/mol. The zero-order valence-electron chi connectivity index (χ0n) is 12.4. The Kier molecular flexibility index (Phi) is 4.91. The first-order valence-corrected chi connectivity index (χ1v) is 8.17. The minimum Gasteiger partial charge on any atom is -0.431 e. The summed E-state index contributed by atoms with van der Waals surface area (Å²) in [5.74, 6) is 0.724. The number of hydrogen-bond acceptors (Lipinski definition) is 5. The molecule has 0 saturated heterocycles. The summed E-state index contributed by atoms with van der Waals surface area (Å²) in [6.45, 7) is 0.131. The van der Waals surface area contributed by atoms with Crippen LogP contribution in [0.25, 0.3) is 10.2 Å². The Morgan fingerprint density at radius 2 is 2.00 bits per heavy atom. The van der Waals surface area contributed by atoms with E-state index >= 15 is 0 Å². The van der Waals surface area contributed by atoms with E-state index in [0.717, 1.165) is 15.8 Å². The number of rotatable bonds is 6. The van der Waals surface area contributed by atoms with Crippen molar-refractivity contribution in [1.29, 1.82) is 0 Å². The topological polar surface area (TPSA) is 48.4 Å². The van der Waals surface area contributed by atoms with Gasteiger partial charge < -0.3 is 9.47 Å². The molecule has 3 rings (SSSR count). The molecule has 0 N–H and O–H groups in total. The highest BCUT2D eigenvalue weighted by molar-refractivity contribution is 7.20. The fourth-order valence-corrected chi connectivity index (χ4v) is 3.25. The number of carbonyl (C=O) groups excluding carboxylic acids is 1. The van der Waals surface area contributed by atoms with Gasteiger partial charge in [0.15, 0.2) is 5.78 Å². The van der Waals surface area contributed by atoms with Crippen LogP contribution in [0, 0.1) is 0 Å². The van der Waals surface area contributed by atoms with Gasteiger partial charge >= 0.3 is 0 Å². The third-order valence-electron chi connectivity index (χ3n) is 3.17. The van der Waals surface area contributed by atoms with E-state index in [1.165, 1.54) is 18.4 Å². The highest BCUT2D eigenvalue weighted by Gasteiger charge is 2.07. The van der Waals surface area contributed by atoms with E-state index in [1.807, 2.05) is 36.4 Å². The fourth-order valence-electron chi connectivity index (χ4n) is 2.14. The molecule has 0 spiro atoms. The second-order valence-electron chi connectivity index (χ2n) is 4.99. The summed E-state index contributed by atoms with van der Waals surface area (Å²) in [5, 5.41) is 1.24. The summed E-state index contributed by atoms with van der Waals surface area (Å²) in [6.07, 6.45) is 0.355. The number of fused-ring (bicyclic) bond motifs is 1. The number of ether oxygens (including phenoxy) is 2. The molecule has 3 aromatic rings. The van der Waals surface area contributed by atoms with Crippen LogP contribution in [0.2, 0.25) is 5.02 Å². The van der Waals surface area contributed by atoms with Crippen LogP contribution < -0.4 is 4.74 Å². The van der Waals surface area contributed by atoms with Crippen molar-refractivity contribution >= 4 is 38.9 Å². The molecule has 0 unspecified atom stereocenters. The molecule has 0 fully saturated rings. The Balaban J connectivity index is 1.70. The second kappa shape index (κ2) is 7.08. The third kappa shape index (κ3) is 4.07. The Morgan fingerprint density at radius 3 is 2.74 bits per heavy atom. The average molecular weight is 348 g/mol. The summed E-state index contributed by atoms with van der Waals surface area (Å²) in [4.78, 5) is 16.0. The third-order valence-corrected chi connectivity index (χ3v) is 4.30. The van der Waals surface area contributed by atoms with E-state index in [4.69, 9.17) is 21.1 Å². The van der Waals surface area contributed by atoms with Gasteiger partial charge in [-0.3, -0.25) is 4.79 Å². The van der Waals surface area contributed by atoms with Crippen molar-refractivity contribution in [2.45, 2.75) is 6.42 Å². The molecule has 0 saturated carbocycles. The first-order chi connectivity index (χ1) is 11.1. The maximum absolute atomic E-state index is 11.5. The van der Waals surface area contributed by atoms with Crippen LogP contribution in [0.5, 0.6) is 10.9 Å². The lowest BCUT2D eigenvalue weighted by molar-refractivity contribution is -0.121. The zero-order valence-corrected chi connectivity index (χ0v) is 14.0. The van der Waals surface area contributed by atoms with Gasteiger partial charge in [0.1, 0.15) is 12.4 Å². The van der Waals surface area contributed by atoms with Gasteiger partial charge in [0.25, 0.3) is 5.19 Å². The number of thiazole rings is 1. The lowest BCUT2D eigenvalue weighted by Crippen LogP contribution is -2.09. The number of hydrogen-bond donors (Lipinski definition) is 0. The molecular formula is C17H14ClNO3S. The molecule has 0 radical (unpaired) electrons. The Labute approximate surface area is 142 Å². The molecule has 2 aromatic carbocycles. The van der Waals surface area contributed by atoms with Gasteiger partial charge in [-0.25, -0.2) is 4.98 Å². The Bertz CT molecular complexity index is 829. The fraction of sp³-hybridized carbons (Fsp3) is 0.176. The van der Waals surface area contributed by atoms with E-state index in [0.29, 0.717) is 22.4 Å². The van der Waals surface area contributed by atoms with E-state index in [-0.39, 0.29) is 12.4 Å². The van der Waals surface area contributed by atoms with Crippen molar-refractivity contribution in [3.05, 3.63) is 53.1 Å². The van der Waals surface area contributed by atoms with Crippen molar-refractivity contribution in [2.75, 3.05) is 13.7 Å². The predicted octanol–water partition coefficient (Wildman–Crippen LogP) is 4.50. The standard InChI is InChI=1S/C17H14ClNO3S/c1-21-10-13(20)8-11-2-5-14(6-3-11)22-17-19-15-7-4-12(18)9-16(15)23-17/h2-7,9H,8,10H2,1H3. The van der Waals surface area contributed by atoms with Crippen LogP contribution in [0.15, 0.2) is 42.5 Å². The van der Waals surface area contributed by atoms with Crippen molar-refractivity contribution < 1.29 is 14.3 Å². The molecule has 0 atom stereocenters. The molecule has 1 heterocycles. The van der Waals surface area contributed by atoms with Crippen molar-refractivity contribution in [3.8, 4) is 10.9 Å². The van der Waals surface area contributed by atoms with Gasteiger partial charge in [-0.15, -0.1) is 0 Å². The van der Waals surface area contributed by atoms with Crippen LogP contribution in [-0.4, -0.2) is 24.5 Å². The maximum atomic E-state index is 11.5. The van der Waals surface area contributed by atoms with Gasteiger partial charge in [0.05, 0.1) is 10.2 Å². The highest BCUT2D eigenvalue weighted by Crippen LogP contribution is 2.32. The molecule has 0 bridgehead atoms. The first kappa shape index (κ1) is 15.9. The van der Waals surface area contributed by atoms with Crippen LogP contribution in [0.4, 0.5) is 0 Å². The van der Waals surface area contributed by atoms with E-state index in [2.05, 4.69) is 4.98 Å². The molecule has 118 valence electrons. The number of ketones is 1. The SMILES string of the molecule is COCC(=O)Cc1ccc(Oc2nc3ccc(Cl)cc3s2)cc1. The number of halogens is 1. The van der Waals surface area contributed by atoms with Crippen LogP contribution in [0.1, 0.15) is 5.56 Å². The number of methoxy groups -OCH3 is 1. The Hall–Kier alpha value is -1.95. The minimum atomic E-state index is 0.0456. The molecule has 23 heavy (non-hydrogen) atoms. The number of benzene rings is 2. The number of Topliss-reactive ketones (excluding diaryl/α,β-unsaturated/α-hetero) is 1. The van der Waals surface area contributed by atoms with Crippen molar-refractivity contribution in [3.63, 3.8) is 0 Å². The first-order valence-electron chi connectivity index (χ1n) is 6.97. The lowest BCUT2D eigenvalue weighted by Gasteiger charge is -2.04. The van der Waals surface area contributed by atoms with Gasteiger partial charge in [0.2, 0.25) is 0 Å². The molecule has 1 aromatic heterocycles. The highest BCUT2D eigenvalue weighted by atomic mass is 35.5. The number of carbonyl (C=O) groups is 1. The summed E-state index contributed by atoms with van der Waals surface area (Å²) in [6, 6.07) is 12.9. The van der Waals surface area contributed by atoms with Crippen LogP contribution >= 0.6 is 22.9 Å². The zero-order chi connectivity index (χ0) is 16.2. The van der Waals surface area contributed by atoms with Crippen LogP contribution in [-0.2, 0) is 16.0 Å². The van der Waals surface area contributed by atoms with Crippen molar-refractivity contribution in [2.24, 2.45) is 0 Å². The quantitative estimate of drug-likeness (QED) is 0.658. The molecule has 0 amide bonds. The summed E-state index contributed by atoms with van der Waals surface area (Å²) in [5.41, 5.74) is 1.78. The van der Waals surface area contributed by atoms with E-state index in [9.17, 15) is 4.79 Å². The van der Waals surface area contributed by atoms with Gasteiger partial charge in [0, 0.05) is 18.6 Å². The molecule has 4 nitrogen and oxygen atoms in total.